The van der Waals surface area contributed by atoms with Crippen LogP contribution < -0.4 is 0 Å². The fourth-order valence-electron chi connectivity index (χ4n) is 1.72. The molecular formula is C12H26Se2. The van der Waals surface area contributed by atoms with Gasteiger partial charge in [0.2, 0.25) is 0 Å². The Morgan fingerprint density at radius 2 is 1.14 bits per heavy atom. The van der Waals surface area contributed by atoms with Crippen LogP contribution in [0.15, 0.2) is 0 Å². The Bertz CT molecular complexity index is 101. The Balaban J connectivity index is 3.87. The molecule has 0 saturated carbocycles. The maximum atomic E-state index is 2.44. The predicted octanol–water partition coefficient (Wildman–Crippen LogP) is 4.45. The van der Waals surface area contributed by atoms with Gasteiger partial charge in [0, 0.05) is 0 Å². The van der Waals surface area contributed by atoms with Gasteiger partial charge in [-0.15, -0.1) is 0 Å². The normalized spacial score (nSPS) is 15.4. The molecule has 0 aromatic rings. The molecule has 0 bridgehead atoms. The summed E-state index contributed by atoms with van der Waals surface area (Å²) in [4.78, 5) is 2.19. The van der Waals surface area contributed by atoms with Crippen molar-refractivity contribution >= 4 is 29.9 Å². The minimum absolute atomic E-state index is 0.880. The molecule has 14 heavy (non-hydrogen) atoms. The summed E-state index contributed by atoms with van der Waals surface area (Å²) in [7, 11) is 0. The fraction of sp³-hybridized carbons (Fsp3) is 1.00. The molecule has 0 aliphatic carbocycles. The Morgan fingerprint density at radius 1 is 0.786 bits per heavy atom. The van der Waals surface area contributed by atoms with Crippen LogP contribution in [0.5, 0.6) is 0 Å². The quantitative estimate of drug-likeness (QED) is 0.549. The summed E-state index contributed by atoms with van der Waals surface area (Å²) in [6.45, 7) is 4.63. The molecule has 0 aromatic carbocycles. The molecule has 0 unspecified atom stereocenters. The topological polar surface area (TPSA) is 0 Å². The van der Waals surface area contributed by atoms with Gasteiger partial charge in [-0.2, -0.15) is 0 Å². The SMILES string of the molecule is CCCC[C@H]([Se]C)[C@@H](CCCC)[Se]C. The van der Waals surface area contributed by atoms with E-state index in [0.717, 1.165) is 39.5 Å². The molecule has 0 radical (unpaired) electrons. The van der Waals surface area contributed by atoms with Crippen LogP contribution in [0.4, 0.5) is 0 Å². The molecule has 0 fully saturated rings. The van der Waals surface area contributed by atoms with Crippen molar-refractivity contribution in [1.82, 2.24) is 0 Å². The van der Waals surface area contributed by atoms with Gasteiger partial charge in [-0.25, -0.2) is 0 Å². The third-order valence-electron chi connectivity index (χ3n) is 2.70. The summed E-state index contributed by atoms with van der Waals surface area (Å²) in [5.74, 6) is 4.88. The third kappa shape index (κ3) is 6.51. The van der Waals surface area contributed by atoms with Crippen molar-refractivity contribution in [3.05, 3.63) is 0 Å². The Hall–Kier alpha value is 1.04. The van der Waals surface area contributed by atoms with Crippen LogP contribution in [0.25, 0.3) is 0 Å². The molecule has 0 rings (SSSR count). The van der Waals surface area contributed by atoms with Gasteiger partial charge in [0.05, 0.1) is 0 Å². The molecule has 0 amide bonds. The molecular weight excluding hydrogens is 302 g/mol. The Morgan fingerprint density at radius 3 is 1.36 bits per heavy atom. The van der Waals surface area contributed by atoms with E-state index in [-0.39, 0.29) is 0 Å². The number of rotatable bonds is 9. The van der Waals surface area contributed by atoms with Gasteiger partial charge < -0.3 is 0 Å². The summed E-state index contributed by atoms with van der Waals surface area (Å²) >= 11 is 1.76. The molecule has 0 aliphatic heterocycles. The Kier molecular flexibility index (Phi) is 11.3. The second kappa shape index (κ2) is 10.6. The first-order valence-electron chi connectivity index (χ1n) is 5.85. The van der Waals surface area contributed by atoms with E-state index in [1.54, 1.807) is 0 Å². The molecule has 0 aromatic heterocycles. The van der Waals surface area contributed by atoms with Crippen molar-refractivity contribution in [2.24, 2.45) is 0 Å². The second-order valence-corrected chi connectivity index (χ2v) is 8.35. The predicted molar refractivity (Wildman–Crippen MR) is 69.8 cm³/mol. The van der Waals surface area contributed by atoms with E-state index in [4.69, 9.17) is 0 Å². The number of hydrogen-bond acceptors (Lipinski definition) is 0. The summed E-state index contributed by atoms with van der Waals surface area (Å²) in [5, 5.41) is 0. The molecule has 0 spiro atoms. The zero-order valence-corrected chi connectivity index (χ0v) is 13.6. The molecule has 2 atom stereocenters. The maximum absolute atomic E-state index is 2.44. The summed E-state index contributed by atoms with van der Waals surface area (Å²) in [6, 6.07) is 0. The van der Waals surface area contributed by atoms with Crippen molar-refractivity contribution in [2.75, 3.05) is 0 Å². The summed E-state index contributed by atoms with van der Waals surface area (Å²) < 4.78 is 0. The molecule has 86 valence electrons. The first-order chi connectivity index (χ1) is 6.79. The fourth-order valence-corrected chi connectivity index (χ4v) is 7.68. The van der Waals surface area contributed by atoms with E-state index in [9.17, 15) is 0 Å². The zero-order chi connectivity index (χ0) is 10.8. The van der Waals surface area contributed by atoms with Gasteiger partial charge in [0.1, 0.15) is 0 Å². The molecule has 0 heterocycles. The van der Waals surface area contributed by atoms with E-state index < -0.39 is 0 Å². The van der Waals surface area contributed by atoms with Crippen molar-refractivity contribution in [2.45, 2.75) is 73.6 Å². The van der Waals surface area contributed by atoms with E-state index in [1.165, 1.54) is 38.5 Å². The van der Waals surface area contributed by atoms with Gasteiger partial charge in [-0.05, 0) is 0 Å². The van der Waals surface area contributed by atoms with Crippen molar-refractivity contribution in [3.8, 4) is 0 Å². The first kappa shape index (κ1) is 15.0. The van der Waals surface area contributed by atoms with Crippen LogP contribution in [0.1, 0.15) is 52.4 Å². The van der Waals surface area contributed by atoms with E-state index in [1.807, 2.05) is 0 Å². The van der Waals surface area contributed by atoms with E-state index >= 15 is 0 Å². The van der Waals surface area contributed by atoms with Crippen LogP contribution in [-0.2, 0) is 0 Å². The van der Waals surface area contributed by atoms with Gasteiger partial charge >= 0.3 is 104 Å². The molecule has 0 aliphatic rings. The van der Waals surface area contributed by atoms with Crippen molar-refractivity contribution < 1.29 is 0 Å². The molecule has 0 saturated heterocycles. The Labute approximate surface area is 103 Å². The zero-order valence-electron chi connectivity index (χ0n) is 10.2. The minimum atomic E-state index is 0.880. The van der Waals surface area contributed by atoms with Gasteiger partial charge in [-0.1, -0.05) is 0 Å². The number of unbranched alkanes of at least 4 members (excludes halogenated alkanes) is 2. The first-order valence-corrected chi connectivity index (χ1v) is 11.3. The average Bonchev–Trinajstić information content (AvgIpc) is 2.23. The number of hydrogen-bond donors (Lipinski definition) is 0. The van der Waals surface area contributed by atoms with Crippen LogP contribution in [0, 0.1) is 0 Å². The van der Waals surface area contributed by atoms with E-state index in [2.05, 4.69) is 25.5 Å². The molecule has 0 N–H and O–H groups in total. The molecule has 0 nitrogen and oxygen atoms in total. The van der Waals surface area contributed by atoms with E-state index in [0.29, 0.717) is 0 Å². The third-order valence-corrected chi connectivity index (χ3v) is 8.49. The van der Waals surface area contributed by atoms with Crippen LogP contribution >= 0.6 is 0 Å². The van der Waals surface area contributed by atoms with Crippen LogP contribution in [0.3, 0.4) is 0 Å². The van der Waals surface area contributed by atoms with Crippen LogP contribution in [-0.4, -0.2) is 29.9 Å². The summed E-state index contributed by atoms with van der Waals surface area (Å²) in [5.41, 5.74) is 0. The van der Waals surface area contributed by atoms with Crippen molar-refractivity contribution in [3.63, 3.8) is 0 Å². The standard InChI is InChI=1S/C12H26Se2/c1-5-7-9-11(13-3)12(14-4)10-8-6-2/h11-12H,5-10H2,1-4H3/t11-,12+. The van der Waals surface area contributed by atoms with Gasteiger partial charge in [0.15, 0.2) is 0 Å². The average molecular weight is 328 g/mol. The van der Waals surface area contributed by atoms with Gasteiger partial charge in [0.25, 0.3) is 0 Å². The van der Waals surface area contributed by atoms with Crippen LogP contribution in [0.2, 0.25) is 21.3 Å². The second-order valence-electron chi connectivity index (χ2n) is 3.83. The molecule has 2 heteroatoms. The summed E-state index contributed by atoms with van der Waals surface area (Å²) in [6.07, 6.45) is 8.69. The van der Waals surface area contributed by atoms with Crippen molar-refractivity contribution in [1.29, 1.82) is 0 Å². The monoisotopic (exact) mass is 330 g/mol. The van der Waals surface area contributed by atoms with Gasteiger partial charge in [-0.3, -0.25) is 0 Å².